The van der Waals surface area contributed by atoms with Crippen LogP contribution in [-0.2, 0) is 6.54 Å². The number of hydrogen-bond acceptors (Lipinski definition) is 7. The molecule has 0 spiro atoms. The van der Waals surface area contributed by atoms with Crippen molar-refractivity contribution in [2.24, 2.45) is 0 Å². The molecule has 0 saturated heterocycles. The lowest BCUT2D eigenvalue weighted by molar-refractivity contribution is -0.383. The van der Waals surface area contributed by atoms with E-state index in [1.54, 1.807) is 13.2 Å². The summed E-state index contributed by atoms with van der Waals surface area (Å²) in [6.45, 7) is 0.371. The second kappa shape index (κ2) is 8.45. The normalized spacial score (nSPS) is 10.3. The van der Waals surface area contributed by atoms with Crippen LogP contribution in [0.5, 0.6) is 5.75 Å². The van der Waals surface area contributed by atoms with E-state index in [1.165, 1.54) is 6.33 Å². The average molecular weight is 430 g/mol. The van der Waals surface area contributed by atoms with E-state index in [1.807, 2.05) is 42.5 Å². The number of nitrogens with zero attached hydrogens (tertiary/aromatic N) is 3. The highest BCUT2D eigenvalue weighted by Gasteiger charge is 2.23. The van der Waals surface area contributed by atoms with Crippen LogP contribution in [0.4, 0.5) is 23.0 Å². The second-order valence-corrected chi connectivity index (χ2v) is 6.34. The van der Waals surface area contributed by atoms with Gasteiger partial charge in [0.25, 0.3) is 0 Å². The maximum absolute atomic E-state index is 11.6. The Morgan fingerprint density at radius 1 is 1.11 bits per heavy atom. The van der Waals surface area contributed by atoms with Gasteiger partial charge in [-0.05, 0) is 45.8 Å². The van der Waals surface area contributed by atoms with Gasteiger partial charge in [0.15, 0.2) is 0 Å². The molecule has 2 N–H and O–H groups in total. The maximum Gasteiger partial charge on any atom is 0.353 e. The van der Waals surface area contributed by atoms with Crippen LogP contribution in [0.1, 0.15) is 5.56 Å². The van der Waals surface area contributed by atoms with Gasteiger partial charge in [-0.1, -0.05) is 24.3 Å². The molecule has 1 aromatic heterocycles. The quantitative estimate of drug-likeness (QED) is 0.420. The van der Waals surface area contributed by atoms with E-state index in [2.05, 4.69) is 36.5 Å². The third-order valence-corrected chi connectivity index (χ3v) is 4.44. The summed E-state index contributed by atoms with van der Waals surface area (Å²) in [5.74, 6) is 0.992. The SMILES string of the molecule is COc1ccc(CNc2ncnc(Nc3ccccc3Br)c2[N+](=O)[O-])cc1. The number of rotatable bonds is 7. The van der Waals surface area contributed by atoms with Crippen molar-refractivity contribution in [1.82, 2.24) is 9.97 Å². The third-order valence-electron chi connectivity index (χ3n) is 3.75. The van der Waals surface area contributed by atoms with Crippen molar-refractivity contribution < 1.29 is 9.66 Å². The molecule has 0 atom stereocenters. The summed E-state index contributed by atoms with van der Waals surface area (Å²) in [5, 5.41) is 17.6. The number of benzene rings is 2. The second-order valence-electron chi connectivity index (χ2n) is 5.48. The van der Waals surface area contributed by atoms with Crippen LogP contribution in [0.15, 0.2) is 59.3 Å². The van der Waals surface area contributed by atoms with Gasteiger partial charge in [0.05, 0.1) is 17.7 Å². The van der Waals surface area contributed by atoms with Crippen LogP contribution in [0.25, 0.3) is 0 Å². The summed E-state index contributed by atoms with van der Waals surface area (Å²) < 4.78 is 5.89. The van der Waals surface area contributed by atoms with Crippen molar-refractivity contribution in [2.45, 2.75) is 6.54 Å². The van der Waals surface area contributed by atoms with Gasteiger partial charge in [-0.3, -0.25) is 10.1 Å². The minimum atomic E-state index is -0.504. The molecular formula is C18H16BrN5O3. The Bertz CT molecular complexity index is 950. The van der Waals surface area contributed by atoms with E-state index in [0.29, 0.717) is 12.2 Å². The van der Waals surface area contributed by atoms with Gasteiger partial charge in [-0.15, -0.1) is 0 Å². The average Bonchev–Trinajstić information content (AvgIpc) is 2.68. The van der Waals surface area contributed by atoms with E-state index in [4.69, 9.17) is 4.74 Å². The number of methoxy groups -OCH3 is 1. The van der Waals surface area contributed by atoms with Gasteiger partial charge < -0.3 is 15.4 Å². The highest BCUT2D eigenvalue weighted by molar-refractivity contribution is 9.10. The van der Waals surface area contributed by atoms with E-state index in [9.17, 15) is 10.1 Å². The number of anilines is 3. The zero-order chi connectivity index (χ0) is 19.2. The lowest BCUT2D eigenvalue weighted by Gasteiger charge is -2.11. The van der Waals surface area contributed by atoms with Crippen molar-refractivity contribution >= 4 is 38.9 Å². The fourth-order valence-electron chi connectivity index (χ4n) is 2.39. The van der Waals surface area contributed by atoms with Crippen molar-refractivity contribution in [3.63, 3.8) is 0 Å². The third kappa shape index (κ3) is 4.50. The van der Waals surface area contributed by atoms with E-state index in [0.717, 1.165) is 15.8 Å². The Morgan fingerprint density at radius 2 is 1.81 bits per heavy atom. The van der Waals surface area contributed by atoms with Gasteiger partial charge in [-0.25, -0.2) is 9.97 Å². The summed E-state index contributed by atoms with van der Waals surface area (Å²) in [6, 6.07) is 14.7. The number of halogens is 1. The minimum Gasteiger partial charge on any atom is -0.497 e. The molecule has 2 aromatic carbocycles. The maximum atomic E-state index is 11.6. The number of nitro groups is 1. The monoisotopic (exact) mass is 429 g/mol. The lowest BCUT2D eigenvalue weighted by Crippen LogP contribution is -2.08. The number of aromatic nitrogens is 2. The number of nitrogens with one attached hydrogen (secondary N) is 2. The molecule has 0 radical (unpaired) electrons. The molecule has 9 heteroatoms. The Morgan fingerprint density at radius 3 is 2.48 bits per heavy atom. The summed E-state index contributed by atoms with van der Waals surface area (Å²) in [4.78, 5) is 19.2. The molecule has 3 rings (SSSR count). The van der Waals surface area contributed by atoms with E-state index in [-0.39, 0.29) is 17.3 Å². The fourth-order valence-corrected chi connectivity index (χ4v) is 2.78. The molecule has 138 valence electrons. The zero-order valence-corrected chi connectivity index (χ0v) is 15.9. The fraction of sp³-hybridized carbons (Fsp3) is 0.111. The summed E-state index contributed by atoms with van der Waals surface area (Å²) in [7, 11) is 1.59. The van der Waals surface area contributed by atoms with Crippen molar-refractivity contribution in [3.8, 4) is 5.75 Å². The molecule has 3 aromatic rings. The molecule has 0 aliphatic rings. The molecule has 27 heavy (non-hydrogen) atoms. The molecule has 8 nitrogen and oxygen atoms in total. The predicted octanol–water partition coefficient (Wildman–Crippen LogP) is 4.51. The van der Waals surface area contributed by atoms with E-state index >= 15 is 0 Å². The Kier molecular flexibility index (Phi) is 5.82. The Hall–Kier alpha value is -3.20. The first kappa shape index (κ1) is 18.6. The molecule has 0 amide bonds. The predicted molar refractivity (Wildman–Crippen MR) is 106 cm³/mol. The molecule has 0 unspecified atom stereocenters. The number of para-hydroxylation sites is 1. The van der Waals surface area contributed by atoms with Crippen LogP contribution in [-0.4, -0.2) is 22.0 Å². The molecule has 0 aliphatic heterocycles. The number of hydrogen-bond donors (Lipinski definition) is 2. The highest BCUT2D eigenvalue weighted by atomic mass is 79.9. The minimum absolute atomic E-state index is 0.110. The first-order chi connectivity index (χ1) is 13.1. The zero-order valence-electron chi connectivity index (χ0n) is 14.3. The lowest BCUT2D eigenvalue weighted by atomic mass is 10.2. The molecular weight excluding hydrogens is 414 g/mol. The molecule has 1 heterocycles. The Labute approximate surface area is 163 Å². The van der Waals surface area contributed by atoms with Crippen LogP contribution >= 0.6 is 15.9 Å². The standard InChI is InChI=1S/C18H16BrN5O3/c1-27-13-8-6-12(7-9-13)10-20-17-16(24(25)26)18(22-11-21-17)23-15-5-3-2-4-14(15)19/h2-9,11H,10H2,1H3,(H2,20,21,22,23). The van der Waals surface area contributed by atoms with Gasteiger partial charge >= 0.3 is 5.69 Å². The van der Waals surface area contributed by atoms with Gasteiger partial charge in [0.1, 0.15) is 12.1 Å². The highest BCUT2D eigenvalue weighted by Crippen LogP contribution is 2.33. The first-order valence-electron chi connectivity index (χ1n) is 7.96. The largest absolute Gasteiger partial charge is 0.497 e. The van der Waals surface area contributed by atoms with Gasteiger partial charge in [-0.2, -0.15) is 0 Å². The summed E-state index contributed by atoms with van der Waals surface area (Å²) in [6.07, 6.45) is 1.28. The van der Waals surface area contributed by atoms with Crippen LogP contribution in [0.2, 0.25) is 0 Å². The van der Waals surface area contributed by atoms with Gasteiger partial charge in [0, 0.05) is 11.0 Å². The van der Waals surface area contributed by atoms with Gasteiger partial charge in [0.2, 0.25) is 11.6 Å². The molecule has 0 bridgehead atoms. The van der Waals surface area contributed by atoms with E-state index < -0.39 is 4.92 Å². The first-order valence-corrected chi connectivity index (χ1v) is 8.75. The van der Waals surface area contributed by atoms with Crippen molar-refractivity contribution in [1.29, 1.82) is 0 Å². The molecule has 0 aliphatic carbocycles. The topological polar surface area (TPSA) is 102 Å². The Balaban J connectivity index is 1.84. The molecule has 0 saturated carbocycles. The summed E-state index contributed by atoms with van der Waals surface area (Å²) in [5.41, 5.74) is 1.38. The summed E-state index contributed by atoms with van der Waals surface area (Å²) >= 11 is 3.41. The van der Waals surface area contributed by atoms with Crippen molar-refractivity contribution in [3.05, 3.63) is 75.0 Å². The van der Waals surface area contributed by atoms with Crippen LogP contribution < -0.4 is 15.4 Å². The van der Waals surface area contributed by atoms with Crippen LogP contribution in [0, 0.1) is 10.1 Å². The smallest absolute Gasteiger partial charge is 0.353 e. The van der Waals surface area contributed by atoms with Crippen molar-refractivity contribution in [2.75, 3.05) is 17.7 Å². The van der Waals surface area contributed by atoms with Crippen LogP contribution in [0.3, 0.4) is 0 Å². The molecule has 0 fully saturated rings. The number of ether oxygens (including phenoxy) is 1.